The fourth-order valence-electron chi connectivity index (χ4n) is 3.07. The summed E-state index contributed by atoms with van der Waals surface area (Å²) in [5, 5.41) is 11.8. The van der Waals surface area contributed by atoms with Crippen molar-refractivity contribution in [3.63, 3.8) is 0 Å². The molecule has 2 aromatic rings. The van der Waals surface area contributed by atoms with Gasteiger partial charge in [0.1, 0.15) is 0 Å². The lowest BCUT2D eigenvalue weighted by molar-refractivity contribution is 0.365. The predicted molar refractivity (Wildman–Crippen MR) is 105 cm³/mol. The maximum Gasteiger partial charge on any atom is 0.161 e. The molecule has 1 unspecified atom stereocenters. The van der Waals surface area contributed by atoms with E-state index in [4.69, 9.17) is 4.74 Å². The minimum atomic E-state index is -0.115. The second kappa shape index (κ2) is 8.30. The maximum atomic E-state index is 10.7. The van der Waals surface area contributed by atoms with Crippen molar-refractivity contribution in [2.24, 2.45) is 4.99 Å². The van der Waals surface area contributed by atoms with Gasteiger partial charge in [-0.25, -0.2) is 0 Å². The molecule has 0 amide bonds. The second-order valence-corrected chi connectivity index (χ2v) is 7.49. The lowest BCUT2D eigenvalue weighted by Crippen LogP contribution is -2.23. The summed E-state index contributed by atoms with van der Waals surface area (Å²) >= 11 is 0. The fraction of sp³-hybridized carbons (Fsp3) is 0.350. The molecule has 1 atom stereocenters. The molecule has 2 rings (SSSR count). The van der Waals surface area contributed by atoms with Crippen molar-refractivity contribution < 1.29 is 9.84 Å². The predicted octanol–water partition coefficient (Wildman–Crippen LogP) is 4.47. The van der Waals surface area contributed by atoms with Gasteiger partial charge in [-0.3, -0.25) is 4.99 Å². The molecule has 0 saturated heterocycles. The Morgan fingerprint density at radius 2 is 1.83 bits per heavy atom. The Labute approximate surface area is 146 Å². The number of para-hydroxylation sites is 1. The second-order valence-electron chi connectivity index (χ2n) is 5.75. The van der Waals surface area contributed by atoms with E-state index in [2.05, 4.69) is 37.0 Å². The zero-order valence-corrected chi connectivity index (χ0v) is 15.8. The molecule has 0 aliphatic rings. The molecule has 1 N–H and O–H groups in total. The van der Waals surface area contributed by atoms with Gasteiger partial charge in [0.25, 0.3) is 0 Å². The van der Waals surface area contributed by atoms with Crippen molar-refractivity contribution in [2.45, 2.75) is 31.8 Å². The van der Waals surface area contributed by atoms with Gasteiger partial charge < -0.3 is 9.84 Å². The van der Waals surface area contributed by atoms with Crippen molar-refractivity contribution >= 4 is 20.1 Å². The highest BCUT2D eigenvalue weighted by Crippen LogP contribution is 2.51. The number of rotatable bonds is 7. The lowest BCUT2D eigenvalue weighted by atomic mass is 9.91. The molecule has 0 spiro atoms. The average molecular weight is 343 g/mol. The first-order valence-corrected chi connectivity index (χ1v) is 9.27. The highest BCUT2D eigenvalue weighted by molar-refractivity contribution is 7.48. The Hall–Kier alpha value is -1.86. The van der Waals surface area contributed by atoms with Gasteiger partial charge in [0.2, 0.25) is 0 Å². The Morgan fingerprint density at radius 3 is 2.46 bits per heavy atom. The Morgan fingerprint density at radius 1 is 1.12 bits per heavy atom. The molecule has 3 nitrogen and oxygen atoms in total. The van der Waals surface area contributed by atoms with E-state index in [-0.39, 0.29) is 10.9 Å². The number of aliphatic imine (C=N–C) groups is 1. The zero-order chi connectivity index (χ0) is 17.6. The van der Waals surface area contributed by atoms with Gasteiger partial charge in [0, 0.05) is 24.0 Å². The van der Waals surface area contributed by atoms with Crippen molar-refractivity contribution in [1.29, 1.82) is 0 Å². The summed E-state index contributed by atoms with van der Waals surface area (Å²) < 4.78 is 5.31. The van der Waals surface area contributed by atoms with Gasteiger partial charge >= 0.3 is 0 Å². The molecule has 24 heavy (non-hydrogen) atoms. The van der Waals surface area contributed by atoms with E-state index in [9.17, 15) is 5.11 Å². The van der Waals surface area contributed by atoms with E-state index in [0.29, 0.717) is 14.3 Å². The molecule has 0 radical (unpaired) electrons. The van der Waals surface area contributed by atoms with Crippen molar-refractivity contribution in [2.75, 3.05) is 14.2 Å². The molecule has 0 aliphatic carbocycles. The molecule has 4 heteroatoms. The standard InChI is InChI=1S/C20H26NO2P/c1-5-20(6-2,16-11-9-12-17(23-4)19(16)22)24-18-13-8-7-10-15(18)14-21-3/h7-14,22,24H,5-6H2,1-4H3. The van der Waals surface area contributed by atoms with Crippen molar-refractivity contribution in [3.05, 3.63) is 53.6 Å². The van der Waals surface area contributed by atoms with Gasteiger partial charge in [-0.05, 0) is 29.8 Å². The summed E-state index contributed by atoms with van der Waals surface area (Å²) in [7, 11) is 3.92. The van der Waals surface area contributed by atoms with Gasteiger partial charge in [-0.15, -0.1) is 0 Å². The van der Waals surface area contributed by atoms with Crippen LogP contribution >= 0.6 is 8.58 Å². The lowest BCUT2D eigenvalue weighted by Gasteiger charge is -2.34. The van der Waals surface area contributed by atoms with E-state index in [1.807, 2.05) is 24.4 Å². The molecule has 0 bridgehead atoms. The highest BCUT2D eigenvalue weighted by atomic mass is 31.1. The highest BCUT2D eigenvalue weighted by Gasteiger charge is 2.33. The number of benzene rings is 2. The minimum absolute atomic E-state index is 0.115. The summed E-state index contributed by atoms with van der Waals surface area (Å²) in [6.07, 6.45) is 3.80. The van der Waals surface area contributed by atoms with Crippen LogP contribution in [0, 0.1) is 0 Å². The number of ether oxygens (including phenoxy) is 1. The molecule has 0 fully saturated rings. The third-order valence-corrected chi connectivity index (χ3v) is 6.72. The van der Waals surface area contributed by atoms with E-state index < -0.39 is 0 Å². The van der Waals surface area contributed by atoms with Gasteiger partial charge in [-0.2, -0.15) is 0 Å². The summed E-state index contributed by atoms with van der Waals surface area (Å²) in [5.41, 5.74) is 2.11. The number of nitrogens with zero attached hydrogens (tertiary/aromatic N) is 1. The molecule has 0 heterocycles. The molecule has 2 aromatic carbocycles. The number of methoxy groups -OCH3 is 1. The fourth-order valence-corrected chi connectivity index (χ4v) is 4.75. The molecule has 0 aromatic heterocycles. The van der Waals surface area contributed by atoms with Crippen LogP contribution in [0.25, 0.3) is 0 Å². The Bertz CT molecular complexity index is 709. The normalized spacial score (nSPS) is 12.3. The molecule has 0 aliphatic heterocycles. The number of hydrogen-bond donors (Lipinski definition) is 1. The van der Waals surface area contributed by atoms with Crippen LogP contribution in [0.4, 0.5) is 0 Å². The quantitative estimate of drug-likeness (QED) is 0.595. The zero-order valence-electron chi connectivity index (χ0n) is 14.8. The SMILES string of the molecule is CCC(CC)(Pc1ccccc1C=NC)c1cccc(OC)c1O. The third-order valence-electron chi connectivity index (χ3n) is 4.54. The first-order valence-electron chi connectivity index (χ1n) is 8.27. The molecular weight excluding hydrogens is 317 g/mol. The molecule has 128 valence electrons. The summed E-state index contributed by atoms with van der Waals surface area (Å²) in [6, 6.07) is 14.1. The van der Waals surface area contributed by atoms with E-state index in [0.717, 1.165) is 24.0 Å². The van der Waals surface area contributed by atoms with Crippen LogP contribution in [0.2, 0.25) is 0 Å². The monoisotopic (exact) mass is 343 g/mol. The Balaban J connectivity index is 2.53. The Kier molecular flexibility index (Phi) is 6.39. The summed E-state index contributed by atoms with van der Waals surface area (Å²) in [5.74, 6) is 0.796. The van der Waals surface area contributed by atoms with E-state index >= 15 is 0 Å². The van der Waals surface area contributed by atoms with Gasteiger partial charge in [-0.1, -0.05) is 58.8 Å². The van der Waals surface area contributed by atoms with E-state index in [1.54, 1.807) is 20.2 Å². The molecular formula is C20H26NO2P. The minimum Gasteiger partial charge on any atom is -0.504 e. The van der Waals surface area contributed by atoms with Crippen LogP contribution in [0.5, 0.6) is 11.5 Å². The smallest absolute Gasteiger partial charge is 0.161 e. The largest absolute Gasteiger partial charge is 0.504 e. The number of aromatic hydroxyl groups is 1. The van der Waals surface area contributed by atoms with Gasteiger partial charge in [0.05, 0.1) is 7.11 Å². The van der Waals surface area contributed by atoms with E-state index in [1.165, 1.54) is 5.30 Å². The first-order chi connectivity index (χ1) is 11.6. The summed E-state index contributed by atoms with van der Waals surface area (Å²) in [4.78, 5) is 4.18. The van der Waals surface area contributed by atoms with Crippen molar-refractivity contribution in [1.82, 2.24) is 0 Å². The number of phenolic OH excluding ortho intramolecular Hbond substituents is 1. The van der Waals surface area contributed by atoms with Crippen LogP contribution in [-0.4, -0.2) is 25.5 Å². The third kappa shape index (κ3) is 3.62. The van der Waals surface area contributed by atoms with Crippen LogP contribution in [0.1, 0.15) is 37.8 Å². The van der Waals surface area contributed by atoms with Crippen molar-refractivity contribution in [3.8, 4) is 11.5 Å². The van der Waals surface area contributed by atoms with Crippen LogP contribution in [0.3, 0.4) is 0 Å². The molecule has 0 saturated carbocycles. The van der Waals surface area contributed by atoms with Crippen LogP contribution in [0.15, 0.2) is 47.5 Å². The van der Waals surface area contributed by atoms with Crippen LogP contribution < -0.4 is 10.0 Å². The average Bonchev–Trinajstić information content (AvgIpc) is 2.62. The summed E-state index contributed by atoms with van der Waals surface area (Å²) in [6.45, 7) is 4.37. The van der Waals surface area contributed by atoms with Crippen LogP contribution in [-0.2, 0) is 5.16 Å². The number of phenols is 1. The first kappa shape index (κ1) is 18.5. The van der Waals surface area contributed by atoms with Gasteiger partial charge in [0.15, 0.2) is 11.5 Å². The topological polar surface area (TPSA) is 41.8 Å². The number of hydrogen-bond acceptors (Lipinski definition) is 3. The maximum absolute atomic E-state index is 10.7.